The summed E-state index contributed by atoms with van der Waals surface area (Å²) in [6, 6.07) is 7.14. The number of hydrogen-bond acceptors (Lipinski definition) is 7. The number of likely N-dealkylation sites (N-methyl/N-ethyl adjacent to an activating group) is 1. The molecular formula is C30H33F3N8O2. The van der Waals surface area contributed by atoms with Gasteiger partial charge in [-0.15, -0.1) is 0 Å². The highest BCUT2D eigenvalue weighted by Gasteiger charge is 2.35. The summed E-state index contributed by atoms with van der Waals surface area (Å²) in [4.78, 5) is 28.0. The van der Waals surface area contributed by atoms with Gasteiger partial charge in [0.25, 0.3) is 0 Å². The fraction of sp³-hybridized carbons (Fsp3) is 0.400. The van der Waals surface area contributed by atoms with Crippen LogP contribution in [-0.2, 0) is 19.3 Å². The number of carbonyl (C=O) groups is 1. The maximum atomic E-state index is 14.1. The monoisotopic (exact) mass is 594 g/mol. The standard InChI is InChI=1S/C30H33F3N8O2/c1-3-39-8-10-40(11-9-39)17-20-4-5-22(13-25(20)30(31,32)33)37-29(42)41-16-19(2)27-21(18-41)12-23(14-35-27)43-26-6-7-34-28-24(26)15-36-38-28/h4-7,12-15,19H,3,8-11,16-18H2,1-2H3,(H,37,42)(H,34,36,38). The number of benzene rings is 1. The third kappa shape index (κ3) is 6.27. The third-order valence-corrected chi connectivity index (χ3v) is 8.10. The second-order valence-corrected chi connectivity index (χ2v) is 11.1. The van der Waals surface area contributed by atoms with Crippen LogP contribution in [0.25, 0.3) is 11.0 Å². The summed E-state index contributed by atoms with van der Waals surface area (Å²) in [5.74, 6) is 0.973. The molecule has 0 radical (unpaired) electrons. The highest BCUT2D eigenvalue weighted by Crippen LogP contribution is 2.36. The maximum Gasteiger partial charge on any atom is 0.416 e. The first kappa shape index (κ1) is 28.9. The number of rotatable bonds is 6. The molecule has 1 aromatic carbocycles. The normalized spacial score (nSPS) is 18.1. The van der Waals surface area contributed by atoms with Gasteiger partial charge in [0.05, 0.1) is 29.0 Å². The lowest BCUT2D eigenvalue weighted by atomic mass is 9.96. The number of fused-ring (bicyclic) bond motifs is 2. The van der Waals surface area contributed by atoms with E-state index in [9.17, 15) is 18.0 Å². The van der Waals surface area contributed by atoms with Gasteiger partial charge in [-0.1, -0.05) is 19.9 Å². The number of halogens is 3. The van der Waals surface area contributed by atoms with Crippen molar-refractivity contribution in [2.75, 3.05) is 44.6 Å². The number of aromatic nitrogens is 4. The number of carbonyl (C=O) groups excluding carboxylic acids is 1. The highest BCUT2D eigenvalue weighted by atomic mass is 19.4. The van der Waals surface area contributed by atoms with Gasteiger partial charge in [0.2, 0.25) is 0 Å². The lowest BCUT2D eigenvalue weighted by Crippen LogP contribution is -2.45. The maximum absolute atomic E-state index is 14.1. The molecule has 2 amide bonds. The van der Waals surface area contributed by atoms with Crippen molar-refractivity contribution in [1.29, 1.82) is 0 Å². The first-order chi connectivity index (χ1) is 20.7. The van der Waals surface area contributed by atoms with Crippen molar-refractivity contribution in [2.24, 2.45) is 0 Å². The molecule has 3 aromatic heterocycles. The number of H-pyrrole nitrogens is 1. The summed E-state index contributed by atoms with van der Waals surface area (Å²) in [5.41, 5.74) is 1.83. The van der Waals surface area contributed by atoms with Crippen molar-refractivity contribution in [3.05, 3.63) is 71.3 Å². The van der Waals surface area contributed by atoms with Crippen molar-refractivity contribution in [1.82, 2.24) is 34.9 Å². The van der Waals surface area contributed by atoms with E-state index in [1.807, 2.05) is 17.9 Å². The topological polar surface area (TPSA) is 103 Å². The lowest BCUT2D eigenvalue weighted by molar-refractivity contribution is -0.138. The molecule has 6 rings (SSSR count). The minimum Gasteiger partial charge on any atom is -0.455 e. The Morgan fingerprint density at radius 2 is 1.88 bits per heavy atom. The number of nitrogens with zero attached hydrogens (tertiary/aromatic N) is 6. The van der Waals surface area contributed by atoms with E-state index in [1.54, 1.807) is 35.6 Å². The van der Waals surface area contributed by atoms with E-state index in [2.05, 4.69) is 37.3 Å². The van der Waals surface area contributed by atoms with Gasteiger partial charge >= 0.3 is 12.2 Å². The van der Waals surface area contributed by atoms with Crippen molar-refractivity contribution < 1.29 is 22.7 Å². The zero-order chi connectivity index (χ0) is 30.1. The number of pyridine rings is 2. The van der Waals surface area contributed by atoms with Crippen LogP contribution in [0, 0.1) is 0 Å². The zero-order valence-corrected chi connectivity index (χ0v) is 24.0. The van der Waals surface area contributed by atoms with Crippen molar-refractivity contribution in [2.45, 2.75) is 39.0 Å². The summed E-state index contributed by atoms with van der Waals surface area (Å²) in [5, 5.41) is 10.2. The van der Waals surface area contributed by atoms with Crippen LogP contribution in [0.5, 0.6) is 11.5 Å². The Bertz CT molecular complexity index is 1620. The minimum absolute atomic E-state index is 0.0775. The van der Waals surface area contributed by atoms with Crippen LogP contribution in [-0.4, -0.2) is 80.2 Å². The SMILES string of the molecule is CCN1CCN(Cc2ccc(NC(=O)N3Cc4cc(Oc5ccnc6[nH]ncc56)cnc4C(C)C3)cc2C(F)(F)F)CC1. The number of aromatic amines is 1. The van der Waals surface area contributed by atoms with Gasteiger partial charge in [-0.2, -0.15) is 18.3 Å². The Kier molecular flexibility index (Phi) is 7.93. The Hall–Kier alpha value is -4.23. The molecule has 2 aliphatic heterocycles. The smallest absolute Gasteiger partial charge is 0.416 e. The van der Waals surface area contributed by atoms with Gasteiger partial charge in [-0.3, -0.25) is 15.0 Å². The van der Waals surface area contributed by atoms with Crippen LogP contribution in [0.4, 0.5) is 23.7 Å². The molecule has 1 fully saturated rings. The van der Waals surface area contributed by atoms with E-state index in [0.717, 1.165) is 55.4 Å². The molecule has 0 spiro atoms. The second-order valence-electron chi connectivity index (χ2n) is 11.1. The summed E-state index contributed by atoms with van der Waals surface area (Å²) >= 11 is 0. The van der Waals surface area contributed by atoms with E-state index in [1.165, 1.54) is 6.07 Å². The molecule has 10 nitrogen and oxygen atoms in total. The van der Waals surface area contributed by atoms with Crippen LogP contribution in [0.2, 0.25) is 0 Å². The molecular weight excluding hydrogens is 561 g/mol. The number of piperazine rings is 1. The fourth-order valence-corrected chi connectivity index (χ4v) is 5.77. The molecule has 43 heavy (non-hydrogen) atoms. The molecule has 0 aliphatic carbocycles. The molecule has 2 aliphatic rings. The lowest BCUT2D eigenvalue weighted by Gasteiger charge is -2.34. The number of ether oxygens (including phenoxy) is 1. The van der Waals surface area contributed by atoms with E-state index in [-0.39, 0.29) is 30.3 Å². The van der Waals surface area contributed by atoms with Gasteiger partial charge in [0.15, 0.2) is 5.65 Å². The summed E-state index contributed by atoms with van der Waals surface area (Å²) in [7, 11) is 0. The fourth-order valence-electron chi connectivity index (χ4n) is 5.77. The van der Waals surface area contributed by atoms with E-state index in [4.69, 9.17) is 4.74 Å². The molecule has 2 N–H and O–H groups in total. The minimum atomic E-state index is -4.54. The third-order valence-electron chi connectivity index (χ3n) is 8.10. The molecule has 1 unspecified atom stereocenters. The largest absolute Gasteiger partial charge is 0.455 e. The van der Waals surface area contributed by atoms with Crippen molar-refractivity contribution >= 4 is 22.8 Å². The Morgan fingerprint density at radius 3 is 2.65 bits per heavy atom. The number of nitrogens with one attached hydrogen (secondary N) is 2. The van der Waals surface area contributed by atoms with Gasteiger partial charge in [0, 0.05) is 63.6 Å². The van der Waals surface area contributed by atoms with Crippen LogP contribution < -0.4 is 10.1 Å². The van der Waals surface area contributed by atoms with Gasteiger partial charge in [-0.25, -0.2) is 9.78 Å². The molecule has 0 bridgehead atoms. The molecule has 1 atom stereocenters. The van der Waals surface area contributed by atoms with Crippen LogP contribution >= 0.6 is 0 Å². The Balaban J connectivity index is 1.16. The molecule has 0 saturated carbocycles. The molecule has 5 heterocycles. The summed E-state index contributed by atoms with van der Waals surface area (Å²) in [6.45, 7) is 8.91. The summed E-state index contributed by atoms with van der Waals surface area (Å²) < 4.78 is 48.3. The predicted octanol–water partition coefficient (Wildman–Crippen LogP) is 5.45. The average molecular weight is 595 g/mol. The van der Waals surface area contributed by atoms with Gasteiger partial charge < -0.3 is 19.9 Å². The quantitative estimate of drug-likeness (QED) is 0.306. The Labute approximate surface area is 246 Å². The Morgan fingerprint density at radius 1 is 1.09 bits per heavy atom. The summed E-state index contributed by atoms with van der Waals surface area (Å²) in [6.07, 6.45) is 0.336. The van der Waals surface area contributed by atoms with E-state index < -0.39 is 17.8 Å². The number of hydrogen-bond donors (Lipinski definition) is 2. The van der Waals surface area contributed by atoms with Crippen LogP contribution in [0.1, 0.15) is 42.1 Å². The first-order valence-electron chi connectivity index (χ1n) is 14.3. The molecule has 13 heteroatoms. The number of alkyl halides is 3. The van der Waals surface area contributed by atoms with E-state index >= 15 is 0 Å². The first-order valence-corrected chi connectivity index (χ1v) is 14.3. The molecule has 1 saturated heterocycles. The molecule has 226 valence electrons. The van der Waals surface area contributed by atoms with Gasteiger partial charge in [0.1, 0.15) is 11.5 Å². The molecule has 4 aromatic rings. The number of urea groups is 1. The van der Waals surface area contributed by atoms with Crippen molar-refractivity contribution in [3.63, 3.8) is 0 Å². The van der Waals surface area contributed by atoms with Crippen molar-refractivity contribution in [3.8, 4) is 11.5 Å². The zero-order valence-electron chi connectivity index (χ0n) is 24.0. The predicted molar refractivity (Wildman–Crippen MR) is 155 cm³/mol. The van der Waals surface area contributed by atoms with E-state index in [0.29, 0.717) is 23.7 Å². The van der Waals surface area contributed by atoms with Crippen LogP contribution in [0.3, 0.4) is 0 Å². The van der Waals surface area contributed by atoms with Crippen LogP contribution in [0.15, 0.2) is 48.9 Å². The number of anilines is 1. The second kappa shape index (κ2) is 11.8. The number of amides is 2. The van der Waals surface area contributed by atoms with Gasteiger partial charge in [-0.05, 0) is 41.9 Å². The highest BCUT2D eigenvalue weighted by molar-refractivity contribution is 5.89. The average Bonchev–Trinajstić information content (AvgIpc) is 3.48.